The highest BCUT2D eigenvalue weighted by atomic mass is 35.6. The number of epoxide rings is 1. The highest BCUT2D eigenvalue weighted by Gasteiger charge is 2.48. The molecule has 0 unspecified atom stereocenters. The smallest absolute Gasteiger partial charge is 0.364 e. The molecule has 0 aromatic carbocycles. The third kappa shape index (κ3) is 9.52. The lowest BCUT2D eigenvalue weighted by molar-refractivity contribution is -0.165. The van der Waals surface area contributed by atoms with E-state index in [4.69, 9.17) is 53.8 Å². The maximum atomic E-state index is 12.6. The quantitative estimate of drug-likeness (QED) is 0.0934. The molecule has 3 rings (SSSR count). The van der Waals surface area contributed by atoms with E-state index in [0.29, 0.717) is 23.4 Å². The van der Waals surface area contributed by atoms with Crippen LogP contribution in [0.4, 0.5) is 0 Å². The summed E-state index contributed by atoms with van der Waals surface area (Å²) < 4.78 is 19.3. The average Bonchev–Trinajstić information content (AvgIpc) is 3.68. The van der Waals surface area contributed by atoms with E-state index in [-0.39, 0.29) is 42.8 Å². The lowest BCUT2D eigenvalue weighted by Crippen LogP contribution is -2.50. The van der Waals surface area contributed by atoms with Gasteiger partial charge in [-0.3, -0.25) is 4.79 Å². The number of hydrogen-bond acceptors (Lipinski definition) is 10. The fraction of sp³-hybridized carbons (Fsp3) is 0.593. The van der Waals surface area contributed by atoms with Crippen LogP contribution >= 0.6 is 34.8 Å². The Balaban J connectivity index is 1.58. The number of pyridine rings is 1. The number of methoxy groups -OCH3 is 1. The number of rotatable bonds is 11. The number of nitrogens with one attached hydrogen (secondary N) is 1. The van der Waals surface area contributed by atoms with Gasteiger partial charge in [-0.2, -0.15) is 0 Å². The van der Waals surface area contributed by atoms with Gasteiger partial charge in [0.1, 0.15) is 6.10 Å². The molecule has 2 aliphatic rings. The lowest BCUT2D eigenvalue weighted by Gasteiger charge is -2.38. The molecule has 14 heteroatoms. The monoisotopic (exact) mass is 636 g/mol. The van der Waals surface area contributed by atoms with Crippen LogP contribution in [0.3, 0.4) is 0 Å². The van der Waals surface area contributed by atoms with Crippen LogP contribution in [0, 0.1) is 11.8 Å². The number of halogens is 3. The van der Waals surface area contributed by atoms with Crippen LogP contribution in [-0.2, 0) is 23.8 Å². The van der Waals surface area contributed by atoms with Gasteiger partial charge in [-0.1, -0.05) is 47.3 Å². The van der Waals surface area contributed by atoms with E-state index in [9.17, 15) is 24.9 Å². The fourth-order valence-electron chi connectivity index (χ4n) is 4.47. The maximum Gasteiger partial charge on any atom is 0.364 e. The Kier molecular flexibility index (Phi) is 11.8. The van der Waals surface area contributed by atoms with Crippen LogP contribution in [0.1, 0.15) is 39.2 Å². The number of alkyl halides is 3. The van der Waals surface area contributed by atoms with E-state index in [2.05, 4.69) is 10.3 Å². The zero-order valence-electron chi connectivity index (χ0n) is 23.0. The Bertz CT molecular complexity index is 1120. The van der Waals surface area contributed by atoms with Crippen molar-refractivity contribution in [3.8, 4) is 5.88 Å². The molecule has 2 saturated heterocycles. The summed E-state index contributed by atoms with van der Waals surface area (Å²) in [5.74, 6) is -1.94. The van der Waals surface area contributed by atoms with Crippen molar-refractivity contribution in [3.63, 3.8) is 0 Å². The van der Waals surface area contributed by atoms with E-state index < -0.39 is 40.1 Å². The molecule has 1 aromatic heterocycles. The average molecular weight is 638 g/mol. The zero-order chi connectivity index (χ0) is 30.5. The SMILES string of the molecule is COc1ccc(/C(=C\NC(=O)/C=C(\C)C[C@@H]2OC[C@H](C[C@@H]3O[C@H]3[C@@H](C)[C@H](C)O)[C@@H](O)[C@H]2O)OC(=O)C(Cl)(Cl)Cl)cn1. The second-order valence-electron chi connectivity index (χ2n) is 10.3. The number of hydrogen-bond donors (Lipinski definition) is 4. The molecular formula is C27H35Cl3N2O9. The molecule has 0 aliphatic carbocycles. The number of esters is 1. The molecule has 0 radical (unpaired) electrons. The number of carbonyl (C=O) groups excluding carboxylic acids is 2. The van der Waals surface area contributed by atoms with Gasteiger partial charge in [0.2, 0.25) is 11.8 Å². The Morgan fingerprint density at radius 2 is 1.93 bits per heavy atom. The molecule has 11 nitrogen and oxygen atoms in total. The van der Waals surface area contributed by atoms with E-state index in [1.165, 1.54) is 31.5 Å². The van der Waals surface area contributed by atoms with Crippen LogP contribution < -0.4 is 10.1 Å². The van der Waals surface area contributed by atoms with Crippen LogP contribution in [0.25, 0.3) is 5.76 Å². The lowest BCUT2D eigenvalue weighted by atomic mass is 9.85. The van der Waals surface area contributed by atoms with Crippen molar-refractivity contribution < 1.29 is 43.9 Å². The zero-order valence-corrected chi connectivity index (χ0v) is 25.3. The van der Waals surface area contributed by atoms with Crippen molar-refractivity contribution in [2.45, 2.75) is 74.0 Å². The predicted molar refractivity (Wildman–Crippen MR) is 151 cm³/mol. The summed E-state index contributed by atoms with van der Waals surface area (Å²) >= 11 is 16.8. The van der Waals surface area contributed by atoms with Crippen LogP contribution in [0.2, 0.25) is 0 Å². The minimum absolute atomic E-state index is 0.0290. The number of amides is 1. The van der Waals surface area contributed by atoms with Crippen LogP contribution in [0.15, 0.2) is 36.2 Å². The van der Waals surface area contributed by atoms with E-state index in [0.717, 1.165) is 6.20 Å². The highest BCUT2D eigenvalue weighted by Crippen LogP contribution is 2.38. The second kappa shape index (κ2) is 14.5. The topological polar surface area (TPSA) is 160 Å². The first-order valence-corrected chi connectivity index (χ1v) is 14.1. The predicted octanol–water partition coefficient (Wildman–Crippen LogP) is 2.67. The first-order chi connectivity index (χ1) is 19.2. The van der Waals surface area contributed by atoms with E-state index >= 15 is 0 Å². The highest BCUT2D eigenvalue weighted by molar-refractivity contribution is 6.75. The van der Waals surface area contributed by atoms with Gasteiger partial charge in [-0.15, -0.1) is 0 Å². The Morgan fingerprint density at radius 3 is 2.51 bits per heavy atom. The van der Waals surface area contributed by atoms with Gasteiger partial charge in [0.25, 0.3) is 3.79 Å². The summed E-state index contributed by atoms with van der Waals surface area (Å²) in [6.07, 6.45) is 0.831. The molecule has 228 valence electrons. The molecule has 2 aliphatic heterocycles. The maximum absolute atomic E-state index is 12.6. The minimum Gasteiger partial charge on any atom is -0.481 e. The number of aliphatic hydroxyl groups is 3. The van der Waals surface area contributed by atoms with Crippen molar-refractivity contribution in [3.05, 3.63) is 41.7 Å². The summed E-state index contributed by atoms with van der Waals surface area (Å²) in [5.41, 5.74) is 0.854. The Morgan fingerprint density at radius 1 is 1.22 bits per heavy atom. The molecule has 4 N–H and O–H groups in total. The summed E-state index contributed by atoms with van der Waals surface area (Å²) in [4.78, 5) is 28.8. The number of aliphatic hydroxyl groups excluding tert-OH is 3. The van der Waals surface area contributed by atoms with Gasteiger partial charge in [0, 0.05) is 41.9 Å². The molecule has 3 heterocycles. The number of carbonyl (C=O) groups is 2. The van der Waals surface area contributed by atoms with Crippen molar-refractivity contribution in [1.82, 2.24) is 10.3 Å². The molecular weight excluding hydrogens is 603 g/mol. The summed E-state index contributed by atoms with van der Waals surface area (Å²) in [5, 5.41) is 33.6. The molecule has 2 fully saturated rings. The molecule has 0 bridgehead atoms. The Labute approximate surface area is 253 Å². The third-order valence-corrected chi connectivity index (χ3v) is 7.55. The van der Waals surface area contributed by atoms with Gasteiger partial charge < -0.3 is 39.6 Å². The normalized spacial score (nSPS) is 28.4. The van der Waals surface area contributed by atoms with E-state index in [1.807, 2.05) is 6.92 Å². The van der Waals surface area contributed by atoms with E-state index in [1.54, 1.807) is 13.8 Å². The summed E-state index contributed by atoms with van der Waals surface area (Å²) in [6.45, 7) is 5.51. The number of ether oxygens (including phenoxy) is 4. The summed E-state index contributed by atoms with van der Waals surface area (Å²) in [6, 6.07) is 3.04. The first-order valence-electron chi connectivity index (χ1n) is 13.0. The van der Waals surface area contributed by atoms with Crippen molar-refractivity contribution in [1.29, 1.82) is 0 Å². The van der Waals surface area contributed by atoms with Crippen LogP contribution in [0.5, 0.6) is 5.88 Å². The molecule has 8 atom stereocenters. The largest absolute Gasteiger partial charge is 0.481 e. The van der Waals surface area contributed by atoms with Gasteiger partial charge in [0.15, 0.2) is 5.76 Å². The Hall–Kier alpha value is -1.96. The van der Waals surface area contributed by atoms with Gasteiger partial charge in [-0.25, -0.2) is 9.78 Å². The number of aromatic nitrogens is 1. The van der Waals surface area contributed by atoms with Gasteiger partial charge in [0.05, 0.1) is 44.2 Å². The number of nitrogens with zero attached hydrogens (tertiary/aromatic N) is 1. The summed E-state index contributed by atoms with van der Waals surface area (Å²) in [7, 11) is 1.44. The molecule has 0 spiro atoms. The van der Waals surface area contributed by atoms with Crippen molar-refractivity contribution >= 4 is 52.4 Å². The van der Waals surface area contributed by atoms with Crippen molar-refractivity contribution in [2.24, 2.45) is 11.8 Å². The molecule has 1 aromatic rings. The van der Waals surface area contributed by atoms with Gasteiger partial charge >= 0.3 is 5.97 Å². The standard InChI is InChI=1S/C27H35Cl3N2O9/c1-13(7-18-24(36)23(35)17(12-39-18)9-19-25(40-19)14(2)15(3)33)8-21(34)31-11-20(41-26(37)27(28,29)30)16-5-6-22(38-4)32-10-16/h5-6,8,10-11,14-15,17-19,23-25,33,35-36H,7,9,12H2,1-4H3,(H,31,34)/b13-8+,20-11+/t14-,15-,17-,18-,19-,23+,24-,25-/m0/s1. The van der Waals surface area contributed by atoms with Gasteiger partial charge in [-0.05, 0) is 32.8 Å². The van der Waals surface area contributed by atoms with Crippen molar-refractivity contribution in [2.75, 3.05) is 13.7 Å². The minimum atomic E-state index is -2.35. The molecule has 1 amide bonds. The first kappa shape index (κ1) is 33.5. The fourth-order valence-corrected chi connectivity index (χ4v) is 4.58. The molecule has 0 saturated carbocycles. The third-order valence-electron chi connectivity index (χ3n) is 7.08. The second-order valence-corrected chi connectivity index (χ2v) is 12.6. The molecule has 41 heavy (non-hydrogen) atoms. The van der Waals surface area contributed by atoms with Crippen LogP contribution in [-0.4, -0.2) is 86.3 Å².